The zero-order valence-electron chi connectivity index (χ0n) is 8.84. The van der Waals surface area contributed by atoms with E-state index in [1.807, 2.05) is 6.07 Å². The molecule has 17 heavy (non-hydrogen) atoms. The third-order valence-corrected chi connectivity index (χ3v) is 2.24. The molecule has 1 aliphatic rings. The first-order valence-corrected chi connectivity index (χ1v) is 4.93. The van der Waals surface area contributed by atoms with Crippen LogP contribution in [0.3, 0.4) is 0 Å². The highest BCUT2D eigenvalue weighted by Crippen LogP contribution is 2.29. The van der Waals surface area contributed by atoms with Gasteiger partial charge in [-0.1, -0.05) is 12.1 Å². The van der Waals surface area contributed by atoms with Crippen LogP contribution in [0, 0.1) is 11.3 Å². The second kappa shape index (κ2) is 4.53. The first kappa shape index (κ1) is 11.0. The topological polar surface area (TPSA) is 82.4 Å². The van der Waals surface area contributed by atoms with Gasteiger partial charge in [0.25, 0.3) is 5.91 Å². The number of hydrogen-bond acceptors (Lipinski definition) is 4. The molecule has 0 aromatic heterocycles. The number of rotatable bonds is 3. The maximum absolute atomic E-state index is 11.5. The molecule has 1 fully saturated rings. The van der Waals surface area contributed by atoms with Crippen molar-refractivity contribution in [3.8, 4) is 11.8 Å². The van der Waals surface area contributed by atoms with Crippen molar-refractivity contribution in [3.05, 3.63) is 24.3 Å². The Morgan fingerprint density at radius 3 is 2.82 bits per heavy atom. The van der Waals surface area contributed by atoms with Crippen molar-refractivity contribution in [2.24, 2.45) is 0 Å². The van der Waals surface area contributed by atoms with E-state index in [4.69, 9.17) is 10.00 Å². The van der Waals surface area contributed by atoms with Gasteiger partial charge in [-0.05, 0) is 12.1 Å². The van der Waals surface area contributed by atoms with Gasteiger partial charge in [0.2, 0.25) is 0 Å². The Kier molecular flexibility index (Phi) is 2.92. The Labute approximate surface area is 97.4 Å². The number of hydrogen-bond donors (Lipinski definition) is 1. The van der Waals surface area contributed by atoms with Gasteiger partial charge in [-0.2, -0.15) is 5.26 Å². The monoisotopic (exact) mass is 231 g/mol. The van der Waals surface area contributed by atoms with Gasteiger partial charge < -0.3 is 10.1 Å². The highest BCUT2D eigenvalue weighted by Gasteiger charge is 2.31. The number of nitrogens with one attached hydrogen (secondary N) is 1. The van der Waals surface area contributed by atoms with Crippen LogP contribution in [-0.2, 0) is 4.79 Å². The number of anilines is 1. The van der Waals surface area contributed by atoms with E-state index in [-0.39, 0.29) is 19.1 Å². The SMILES string of the molecule is N#CCOc1ccccc1N1C(=O)CNC1=O. The number of benzene rings is 1. The molecule has 0 saturated carbocycles. The van der Waals surface area contributed by atoms with E-state index in [2.05, 4.69) is 5.32 Å². The fraction of sp³-hybridized carbons (Fsp3) is 0.182. The predicted octanol–water partition coefficient (Wildman–Crippen LogP) is 0.645. The predicted molar refractivity (Wildman–Crippen MR) is 58.4 cm³/mol. The molecule has 0 spiro atoms. The second-order valence-electron chi connectivity index (χ2n) is 3.30. The van der Waals surface area contributed by atoms with Gasteiger partial charge in [-0.15, -0.1) is 0 Å². The Bertz CT molecular complexity index is 491. The second-order valence-corrected chi connectivity index (χ2v) is 3.30. The Balaban J connectivity index is 2.34. The van der Waals surface area contributed by atoms with Crippen LogP contribution in [0.2, 0.25) is 0 Å². The molecule has 6 heteroatoms. The largest absolute Gasteiger partial charge is 0.477 e. The first-order valence-electron chi connectivity index (χ1n) is 4.93. The minimum atomic E-state index is -0.483. The zero-order chi connectivity index (χ0) is 12.3. The van der Waals surface area contributed by atoms with E-state index < -0.39 is 6.03 Å². The van der Waals surface area contributed by atoms with Crippen LogP contribution >= 0.6 is 0 Å². The van der Waals surface area contributed by atoms with E-state index in [1.54, 1.807) is 24.3 Å². The van der Waals surface area contributed by atoms with Gasteiger partial charge in [0, 0.05) is 0 Å². The molecule has 1 heterocycles. The number of carbonyl (C=O) groups is 2. The van der Waals surface area contributed by atoms with Gasteiger partial charge in [-0.25, -0.2) is 9.69 Å². The van der Waals surface area contributed by atoms with Gasteiger partial charge in [0.1, 0.15) is 11.8 Å². The molecular weight excluding hydrogens is 222 g/mol. The summed E-state index contributed by atoms with van der Waals surface area (Å²) in [6.45, 7) is -0.161. The average Bonchev–Trinajstić information content (AvgIpc) is 2.67. The number of nitrogens with zero attached hydrogens (tertiary/aromatic N) is 2. The van der Waals surface area contributed by atoms with Crippen LogP contribution in [0.4, 0.5) is 10.5 Å². The fourth-order valence-electron chi connectivity index (χ4n) is 1.54. The number of nitriles is 1. The molecule has 0 radical (unpaired) electrons. The molecule has 0 unspecified atom stereocenters. The smallest absolute Gasteiger partial charge is 0.329 e. The van der Waals surface area contributed by atoms with Crippen molar-refractivity contribution in [3.63, 3.8) is 0 Å². The summed E-state index contributed by atoms with van der Waals surface area (Å²) in [4.78, 5) is 24.0. The summed E-state index contributed by atoms with van der Waals surface area (Å²) < 4.78 is 5.16. The minimum absolute atomic E-state index is 0.0224. The number of ether oxygens (including phenoxy) is 1. The number of urea groups is 1. The average molecular weight is 231 g/mol. The maximum Gasteiger partial charge on any atom is 0.329 e. The van der Waals surface area contributed by atoms with Crippen molar-refractivity contribution in [2.75, 3.05) is 18.1 Å². The van der Waals surface area contributed by atoms with Crippen LogP contribution < -0.4 is 15.0 Å². The number of amides is 3. The summed E-state index contributed by atoms with van der Waals surface area (Å²) in [6, 6.07) is 7.93. The molecule has 1 saturated heterocycles. The highest BCUT2D eigenvalue weighted by atomic mass is 16.5. The Hall–Kier alpha value is -2.55. The van der Waals surface area contributed by atoms with Crippen LogP contribution in [0.15, 0.2) is 24.3 Å². The number of carbonyl (C=O) groups excluding carboxylic acids is 2. The highest BCUT2D eigenvalue weighted by molar-refractivity contribution is 6.20. The van der Waals surface area contributed by atoms with Gasteiger partial charge in [0.15, 0.2) is 6.61 Å². The van der Waals surface area contributed by atoms with Crippen LogP contribution in [0.5, 0.6) is 5.75 Å². The Morgan fingerprint density at radius 2 is 2.18 bits per heavy atom. The molecule has 1 N–H and O–H groups in total. The minimum Gasteiger partial charge on any atom is -0.477 e. The Morgan fingerprint density at radius 1 is 1.41 bits per heavy atom. The molecule has 3 amide bonds. The molecule has 1 aliphatic heterocycles. The summed E-state index contributed by atoms with van der Waals surface area (Å²) in [6.07, 6.45) is 0. The standard InChI is InChI=1S/C11H9N3O3/c12-5-6-17-9-4-2-1-3-8(9)14-10(15)7-13-11(14)16/h1-4H,6-7H2,(H,13,16). The lowest BCUT2D eigenvalue weighted by Crippen LogP contribution is -2.31. The van der Waals surface area contributed by atoms with E-state index >= 15 is 0 Å². The van der Waals surface area contributed by atoms with Crippen LogP contribution in [-0.4, -0.2) is 25.1 Å². The van der Waals surface area contributed by atoms with Crippen molar-refractivity contribution >= 4 is 17.6 Å². The molecule has 0 aliphatic carbocycles. The number of para-hydroxylation sites is 2. The first-order chi connectivity index (χ1) is 8.24. The molecule has 1 aromatic rings. The number of imide groups is 1. The van der Waals surface area contributed by atoms with E-state index in [1.165, 1.54) is 0 Å². The summed E-state index contributed by atoms with van der Waals surface area (Å²) in [5, 5.41) is 10.9. The lowest BCUT2D eigenvalue weighted by atomic mass is 10.2. The van der Waals surface area contributed by atoms with E-state index in [0.29, 0.717) is 11.4 Å². The molecular formula is C11H9N3O3. The third kappa shape index (κ3) is 2.03. The normalized spacial score (nSPS) is 14.4. The van der Waals surface area contributed by atoms with Crippen molar-refractivity contribution < 1.29 is 14.3 Å². The van der Waals surface area contributed by atoms with E-state index in [0.717, 1.165) is 4.90 Å². The van der Waals surface area contributed by atoms with Crippen molar-refractivity contribution in [2.45, 2.75) is 0 Å². The molecule has 6 nitrogen and oxygen atoms in total. The fourth-order valence-corrected chi connectivity index (χ4v) is 1.54. The van der Waals surface area contributed by atoms with Crippen LogP contribution in [0.25, 0.3) is 0 Å². The quantitative estimate of drug-likeness (QED) is 0.774. The molecule has 86 valence electrons. The summed E-state index contributed by atoms with van der Waals surface area (Å²) in [7, 11) is 0. The summed E-state index contributed by atoms with van der Waals surface area (Å²) >= 11 is 0. The van der Waals surface area contributed by atoms with Crippen molar-refractivity contribution in [1.82, 2.24) is 5.32 Å². The molecule has 2 rings (SSSR count). The summed E-state index contributed by atoms with van der Waals surface area (Å²) in [5.41, 5.74) is 0.350. The van der Waals surface area contributed by atoms with Crippen molar-refractivity contribution in [1.29, 1.82) is 5.26 Å². The van der Waals surface area contributed by atoms with Gasteiger partial charge >= 0.3 is 6.03 Å². The maximum atomic E-state index is 11.5. The van der Waals surface area contributed by atoms with Gasteiger partial charge in [-0.3, -0.25) is 4.79 Å². The summed E-state index contributed by atoms with van der Waals surface area (Å²) in [5.74, 6) is -0.0116. The lowest BCUT2D eigenvalue weighted by molar-refractivity contribution is -0.115. The van der Waals surface area contributed by atoms with Gasteiger partial charge in [0.05, 0.1) is 12.2 Å². The zero-order valence-corrected chi connectivity index (χ0v) is 8.84. The third-order valence-electron chi connectivity index (χ3n) is 2.24. The molecule has 1 aromatic carbocycles. The van der Waals surface area contributed by atoms with E-state index in [9.17, 15) is 9.59 Å². The lowest BCUT2D eigenvalue weighted by Gasteiger charge is -2.16. The molecule has 0 atom stereocenters. The van der Waals surface area contributed by atoms with Crippen LogP contribution in [0.1, 0.15) is 0 Å². The molecule has 0 bridgehead atoms.